The van der Waals surface area contributed by atoms with Gasteiger partial charge in [0.1, 0.15) is 11.9 Å². The summed E-state index contributed by atoms with van der Waals surface area (Å²) >= 11 is 0. The van der Waals surface area contributed by atoms with E-state index in [1.165, 1.54) is 11.5 Å². The molecule has 8 aromatic rings. The Bertz CT molecular complexity index is 2340. The molecule has 0 spiro atoms. The summed E-state index contributed by atoms with van der Waals surface area (Å²) in [5.74, 6) is -0.283. The lowest BCUT2D eigenvalue weighted by atomic mass is 9.99. The summed E-state index contributed by atoms with van der Waals surface area (Å²) < 4.78 is 19.9. The number of hydrogen-bond acceptors (Lipinski definition) is 1. The van der Waals surface area contributed by atoms with Gasteiger partial charge in [0.25, 0.3) is 0 Å². The summed E-state index contributed by atoms with van der Waals surface area (Å²) in [6.45, 7) is 0. The molecule has 3 nitrogen and oxygen atoms in total. The van der Waals surface area contributed by atoms with Gasteiger partial charge < -0.3 is 9.13 Å². The zero-order chi connectivity index (χ0) is 27.5. The molecule has 192 valence electrons. The van der Waals surface area contributed by atoms with E-state index in [0.717, 1.165) is 55.3 Å². The van der Waals surface area contributed by atoms with Crippen LogP contribution in [0, 0.1) is 17.1 Å². The monoisotopic (exact) mass is 527 g/mol. The van der Waals surface area contributed by atoms with Crippen molar-refractivity contribution in [2.45, 2.75) is 0 Å². The summed E-state index contributed by atoms with van der Waals surface area (Å²) in [6.07, 6.45) is 0. The van der Waals surface area contributed by atoms with Gasteiger partial charge in [-0.15, -0.1) is 0 Å². The molecular formula is C37H22FN3. The van der Waals surface area contributed by atoms with Crippen molar-refractivity contribution >= 4 is 43.6 Å². The van der Waals surface area contributed by atoms with Crippen molar-refractivity contribution < 1.29 is 4.39 Å². The molecular weight excluding hydrogens is 505 g/mol. The number of nitriles is 1. The quantitative estimate of drug-likeness (QED) is 0.225. The zero-order valence-electron chi connectivity index (χ0n) is 21.9. The van der Waals surface area contributed by atoms with Crippen LogP contribution in [0.5, 0.6) is 0 Å². The Balaban J connectivity index is 1.59. The van der Waals surface area contributed by atoms with Crippen LogP contribution >= 0.6 is 0 Å². The molecule has 8 rings (SSSR count). The van der Waals surface area contributed by atoms with E-state index >= 15 is 4.39 Å². The minimum absolute atomic E-state index is 0.283. The van der Waals surface area contributed by atoms with Gasteiger partial charge in [0, 0.05) is 38.4 Å². The molecule has 0 bridgehead atoms. The van der Waals surface area contributed by atoms with Crippen molar-refractivity contribution in [2.75, 3.05) is 0 Å². The maximum Gasteiger partial charge on any atom is 0.133 e. The second-order valence-corrected chi connectivity index (χ2v) is 10.2. The molecule has 0 amide bonds. The first-order valence-corrected chi connectivity index (χ1v) is 13.6. The SMILES string of the molecule is N#Cc1ccccc1-n1c2cccc(F)c2c2cccc(-c3cccc4c5ccccc5n(-c5ccccc5)c34)c21. The summed E-state index contributed by atoms with van der Waals surface area (Å²) in [6, 6.07) is 46.4. The molecule has 0 aliphatic carbocycles. The van der Waals surface area contributed by atoms with Crippen LogP contribution in [0.4, 0.5) is 4.39 Å². The van der Waals surface area contributed by atoms with E-state index in [-0.39, 0.29) is 5.82 Å². The van der Waals surface area contributed by atoms with Crippen LogP contribution < -0.4 is 0 Å². The number of benzene rings is 6. The first-order valence-electron chi connectivity index (χ1n) is 13.6. The van der Waals surface area contributed by atoms with Crippen LogP contribution in [0.25, 0.3) is 66.1 Å². The zero-order valence-corrected chi connectivity index (χ0v) is 21.9. The summed E-state index contributed by atoms with van der Waals surface area (Å²) in [4.78, 5) is 0. The Morgan fingerprint density at radius 3 is 1.93 bits per heavy atom. The third kappa shape index (κ3) is 3.30. The van der Waals surface area contributed by atoms with Crippen molar-refractivity contribution in [1.82, 2.24) is 9.13 Å². The Morgan fingerprint density at radius 1 is 0.512 bits per heavy atom. The van der Waals surface area contributed by atoms with Gasteiger partial charge in [0.15, 0.2) is 0 Å². The Kier molecular flexibility index (Phi) is 5.07. The van der Waals surface area contributed by atoms with E-state index in [1.807, 2.05) is 48.5 Å². The maximum absolute atomic E-state index is 15.6. The molecule has 0 aliphatic heterocycles. The highest BCUT2D eigenvalue weighted by Gasteiger charge is 2.23. The number of para-hydroxylation sites is 5. The topological polar surface area (TPSA) is 33.6 Å². The summed E-state index contributed by atoms with van der Waals surface area (Å²) in [5.41, 5.74) is 8.13. The molecule has 0 saturated carbocycles. The molecule has 0 atom stereocenters. The Labute approximate surface area is 235 Å². The van der Waals surface area contributed by atoms with Crippen LogP contribution in [0.1, 0.15) is 5.56 Å². The van der Waals surface area contributed by atoms with Gasteiger partial charge in [0.2, 0.25) is 0 Å². The lowest BCUT2D eigenvalue weighted by Crippen LogP contribution is -1.99. The molecule has 0 fully saturated rings. The van der Waals surface area contributed by atoms with Gasteiger partial charge in [-0.25, -0.2) is 4.39 Å². The van der Waals surface area contributed by atoms with Crippen molar-refractivity contribution in [2.24, 2.45) is 0 Å². The molecule has 2 aromatic heterocycles. The first-order chi connectivity index (χ1) is 20.3. The van der Waals surface area contributed by atoms with Crippen molar-refractivity contribution in [3.8, 4) is 28.6 Å². The normalized spacial score (nSPS) is 11.5. The van der Waals surface area contributed by atoms with Crippen LogP contribution in [0.2, 0.25) is 0 Å². The molecule has 0 saturated heterocycles. The predicted octanol–water partition coefficient (Wildman–Crippen LogP) is 9.56. The maximum atomic E-state index is 15.6. The lowest BCUT2D eigenvalue weighted by Gasteiger charge is -2.15. The molecule has 0 unspecified atom stereocenters. The fourth-order valence-corrected chi connectivity index (χ4v) is 6.38. The van der Waals surface area contributed by atoms with Gasteiger partial charge in [-0.3, -0.25) is 0 Å². The number of aromatic nitrogens is 2. The molecule has 41 heavy (non-hydrogen) atoms. The van der Waals surface area contributed by atoms with E-state index in [0.29, 0.717) is 10.9 Å². The average Bonchev–Trinajstić information content (AvgIpc) is 3.55. The number of rotatable bonds is 3. The number of hydrogen-bond donors (Lipinski definition) is 0. The Hall–Kier alpha value is -5.66. The minimum Gasteiger partial charge on any atom is -0.309 e. The van der Waals surface area contributed by atoms with E-state index in [2.05, 4.69) is 88.0 Å². The van der Waals surface area contributed by atoms with E-state index in [9.17, 15) is 5.26 Å². The third-order valence-electron chi connectivity index (χ3n) is 8.03. The second kappa shape index (κ2) is 8.94. The summed E-state index contributed by atoms with van der Waals surface area (Å²) in [5, 5.41) is 13.7. The van der Waals surface area contributed by atoms with Crippen LogP contribution in [0.3, 0.4) is 0 Å². The fraction of sp³-hybridized carbons (Fsp3) is 0. The van der Waals surface area contributed by atoms with E-state index in [4.69, 9.17) is 0 Å². The van der Waals surface area contributed by atoms with Crippen molar-refractivity contribution in [1.29, 1.82) is 5.26 Å². The molecule has 0 N–H and O–H groups in total. The van der Waals surface area contributed by atoms with Gasteiger partial charge in [-0.05, 0) is 42.5 Å². The third-order valence-corrected chi connectivity index (χ3v) is 8.03. The standard InChI is InChI=1S/C37H22FN3/c38-31-19-10-22-34-35(31)30-18-9-17-29(37(30)41(34)32-20-6-4-11-24(32)23-39)28-16-8-15-27-26-14-5-7-21-33(26)40(36(27)28)25-12-2-1-3-13-25/h1-22H. The second-order valence-electron chi connectivity index (χ2n) is 10.2. The molecule has 2 heterocycles. The minimum atomic E-state index is -0.283. The van der Waals surface area contributed by atoms with Crippen molar-refractivity contribution in [3.05, 3.63) is 145 Å². The van der Waals surface area contributed by atoms with Crippen molar-refractivity contribution in [3.63, 3.8) is 0 Å². The highest BCUT2D eigenvalue weighted by molar-refractivity contribution is 6.19. The van der Waals surface area contributed by atoms with Gasteiger partial charge in [-0.1, -0.05) is 91.0 Å². The number of halogens is 1. The Morgan fingerprint density at radius 2 is 1.12 bits per heavy atom. The lowest BCUT2D eigenvalue weighted by molar-refractivity contribution is 0.640. The highest BCUT2D eigenvalue weighted by Crippen LogP contribution is 2.43. The fourth-order valence-electron chi connectivity index (χ4n) is 6.38. The highest BCUT2D eigenvalue weighted by atomic mass is 19.1. The van der Waals surface area contributed by atoms with Crippen LogP contribution in [-0.2, 0) is 0 Å². The molecule has 0 radical (unpaired) electrons. The van der Waals surface area contributed by atoms with Gasteiger partial charge in [-0.2, -0.15) is 5.26 Å². The average molecular weight is 528 g/mol. The van der Waals surface area contributed by atoms with E-state index in [1.54, 1.807) is 6.07 Å². The molecule has 4 heteroatoms. The van der Waals surface area contributed by atoms with Gasteiger partial charge in [0.05, 0.1) is 33.3 Å². The van der Waals surface area contributed by atoms with E-state index < -0.39 is 0 Å². The predicted molar refractivity (Wildman–Crippen MR) is 165 cm³/mol. The summed E-state index contributed by atoms with van der Waals surface area (Å²) in [7, 11) is 0. The van der Waals surface area contributed by atoms with Crippen LogP contribution in [-0.4, -0.2) is 9.13 Å². The smallest absolute Gasteiger partial charge is 0.133 e. The molecule has 6 aromatic carbocycles. The van der Waals surface area contributed by atoms with Crippen LogP contribution in [0.15, 0.2) is 133 Å². The number of nitrogens with zero attached hydrogens (tertiary/aromatic N) is 3. The molecule has 0 aliphatic rings. The first kappa shape index (κ1) is 23.2. The number of fused-ring (bicyclic) bond motifs is 6. The van der Waals surface area contributed by atoms with Gasteiger partial charge >= 0.3 is 0 Å². The largest absolute Gasteiger partial charge is 0.309 e.